The van der Waals surface area contributed by atoms with Crippen LogP contribution in [-0.2, 0) is 11.2 Å². The molecule has 1 amide bonds. The fourth-order valence-electron chi connectivity index (χ4n) is 3.07. The zero-order valence-electron chi connectivity index (χ0n) is 18.0. The van der Waals surface area contributed by atoms with Crippen molar-refractivity contribution in [1.82, 2.24) is 30.2 Å². The molecule has 0 spiro atoms. The summed E-state index contributed by atoms with van der Waals surface area (Å²) < 4.78 is 6.99. The Kier molecular flexibility index (Phi) is 6.50. The highest BCUT2D eigenvalue weighted by Crippen LogP contribution is 2.24. The third kappa shape index (κ3) is 5.15. The van der Waals surface area contributed by atoms with E-state index in [1.54, 1.807) is 23.2 Å². The molecule has 8 heteroatoms. The average Bonchev–Trinajstić information content (AvgIpc) is 3.47. The number of amides is 1. The van der Waals surface area contributed by atoms with Crippen molar-refractivity contribution in [2.24, 2.45) is 0 Å². The molecular formula is C24H24N6O2. The van der Waals surface area contributed by atoms with Gasteiger partial charge in [0.05, 0.1) is 5.69 Å². The summed E-state index contributed by atoms with van der Waals surface area (Å²) >= 11 is 0. The van der Waals surface area contributed by atoms with E-state index < -0.39 is 0 Å². The van der Waals surface area contributed by atoms with E-state index in [0.29, 0.717) is 24.7 Å². The number of benzene rings is 1. The molecule has 162 valence electrons. The summed E-state index contributed by atoms with van der Waals surface area (Å²) in [5.41, 5.74) is 3.37. The molecule has 3 aromatic heterocycles. The maximum atomic E-state index is 12.3. The van der Waals surface area contributed by atoms with E-state index in [1.807, 2.05) is 62.5 Å². The summed E-state index contributed by atoms with van der Waals surface area (Å²) in [4.78, 5) is 20.8. The van der Waals surface area contributed by atoms with E-state index >= 15 is 0 Å². The molecule has 4 aromatic rings. The van der Waals surface area contributed by atoms with Gasteiger partial charge in [0.15, 0.2) is 5.82 Å². The summed E-state index contributed by atoms with van der Waals surface area (Å²) in [6.45, 7) is 4.41. The first kappa shape index (κ1) is 21.2. The second kappa shape index (κ2) is 9.82. The van der Waals surface area contributed by atoms with Crippen LogP contribution < -0.4 is 5.32 Å². The average molecular weight is 428 g/mol. The molecule has 0 aliphatic rings. The minimum Gasteiger partial charge on any atom is -0.352 e. The molecule has 0 aliphatic heterocycles. The third-order valence-electron chi connectivity index (χ3n) is 4.75. The van der Waals surface area contributed by atoms with Gasteiger partial charge in [-0.05, 0) is 30.3 Å². The molecule has 0 saturated heterocycles. The van der Waals surface area contributed by atoms with Crippen molar-refractivity contribution in [3.63, 3.8) is 0 Å². The maximum absolute atomic E-state index is 12.3. The van der Waals surface area contributed by atoms with Crippen LogP contribution in [0, 0.1) is 0 Å². The van der Waals surface area contributed by atoms with E-state index in [9.17, 15) is 4.79 Å². The van der Waals surface area contributed by atoms with Gasteiger partial charge in [-0.25, -0.2) is 4.68 Å². The van der Waals surface area contributed by atoms with Gasteiger partial charge in [0.25, 0.3) is 0 Å². The molecule has 0 aliphatic carbocycles. The Balaban J connectivity index is 1.46. The number of pyridine rings is 1. The molecule has 0 atom stereocenters. The molecule has 1 N–H and O–H groups in total. The number of hydrogen-bond donors (Lipinski definition) is 1. The van der Waals surface area contributed by atoms with Gasteiger partial charge >= 0.3 is 0 Å². The lowest BCUT2D eigenvalue weighted by atomic mass is 10.1. The lowest BCUT2D eigenvalue weighted by Crippen LogP contribution is -2.23. The van der Waals surface area contributed by atoms with Gasteiger partial charge in [0.1, 0.15) is 5.69 Å². The van der Waals surface area contributed by atoms with Crippen LogP contribution in [0.5, 0.6) is 0 Å². The molecule has 0 saturated carbocycles. The zero-order chi connectivity index (χ0) is 22.3. The van der Waals surface area contributed by atoms with E-state index in [0.717, 1.165) is 22.5 Å². The first-order valence-corrected chi connectivity index (χ1v) is 10.4. The van der Waals surface area contributed by atoms with Crippen molar-refractivity contribution in [3.05, 3.63) is 84.4 Å². The number of para-hydroxylation sites is 1. The minimum absolute atomic E-state index is 0.204. The fraction of sp³-hybridized carbons (Fsp3) is 0.208. The molecule has 0 radical (unpaired) electrons. The van der Waals surface area contributed by atoms with Crippen molar-refractivity contribution in [2.45, 2.75) is 26.2 Å². The second-order valence-corrected chi connectivity index (χ2v) is 7.53. The van der Waals surface area contributed by atoms with Gasteiger partial charge in [-0.1, -0.05) is 37.2 Å². The minimum atomic E-state index is -0.210. The fourth-order valence-corrected chi connectivity index (χ4v) is 3.07. The topological polar surface area (TPSA) is 98.7 Å². The Hall–Kier alpha value is -4.07. The largest absolute Gasteiger partial charge is 0.352 e. The number of carbonyl (C=O) groups is 1. The Morgan fingerprint density at radius 3 is 2.75 bits per heavy atom. The van der Waals surface area contributed by atoms with Crippen molar-refractivity contribution in [3.8, 4) is 16.9 Å². The molecular weight excluding hydrogens is 404 g/mol. The molecule has 4 rings (SSSR count). The number of nitrogens with one attached hydrogen (secondary N) is 1. The standard InChI is InChI=1S/C24H24N6O2/c1-17(2)24-27-22(32-29-24)12-14-26-21(31)11-10-19-16-30(20-8-4-3-5-9-20)28-23(19)18-7-6-13-25-15-18/h3-11,13,15-17H,12,14H2,1-2H3,(H,26,31). The van der Waals surface area contributed by atoms with Crippen LogP contribution in [0.15, 0.2) is 71.7 Å². The highest BCUT2D eigenvalue weighted by atomic mass is 16.5. The molecule has 0 bridgehead atoms. The van der Waals surface area contributed by atoms with Crippen LogP contribution in [0.1, 0.15) is 37.0 Å². The van der Waals surface area contributed by atoms with Gasteiger partial charge in [0.2, 0.25) is 11.8 Å². The SMILES string of the molecule is CC(C)c1noc(CCNC(=O)C=Cc2cn(-c3ccccc3)nc2-c2cccnc2)n1. The summed E-state index contributed by atoms with van der Waals surface area (Å²) in [5, 5.41) is 11.5. The van der Waals surface area contributed by atoms with Gasteiger partial charge in [0, 0.05) is 54.7 Å². The van der Waals surface area contributed by atoms with Gasteiger partial charge < -0.3 is 9.84 Å². The van der Waals surface area contributed by atoms with Crippen molar-refractivity contribution in [1.29, 1.82) is 0 Å². The van der Waals surface area contributed by atoms with Crippen LogP contribution in [0.4, 0.5) is 0 Å². The van der Waals surface area contributed by atoms with Crippen molar-refractivity contribution in [2.75, 3.05) is 6.54 Å². The van der Waals surface area contributed by atoms with Crippen LogP contribution in [0.3, 0.4) is 0 Å². The molecule has 32 heavy (non-hydrogen) atoms. The number of carbonyl (C=O) groups excluding carboxylic acids is 1. The van der Waals surface area contributed by atoms with Crippen molar-refractivity contribution < 1.29 is 9.32 Å². The Morgan fingerprint density at radius 2 is 2.03 bits per heavy atom. The van der Waals surface area contributed by atoms with Gasteiger partial charge in [-0.15, -0.1) is 0 Å². The maximum Gasteiger partial charge on any atom is 0.244 e. The second-order valence-electron chi connectivity index (χ2n) is 7.53. The van der Waals surface area contributed by atoms with E-state index in [1.165, 1.54) is 6.08 Å². The number of nitrogens with zero attached hydrogens (tertiary/aromatic N) is 5. The first-order valence-electron chi connectivity index (χ1n) is 10.4. The van der Waals surface area contributed by atoms with E-state index in [-0.39, 0.29) is 11.8 Å². The van der Waals surface area contributed by atoms with E-state index in [2.05, 4.69) is 20.4 Å². The summed E-state index contributed by atoms with van der Waals surface area (Å²) in [6.07, 6.45) is 9.10. The zero-order valence-corrected chi connectivity index (χ0v) is 18.0. The quantitative estimate of drug-likeness (QED) is 0.429. The van der Waals surface area contributed by atoms with Gasteiger partial charge in [-0.3, -0.25) is 9.78 Å². The lowest BCUT2D eigenvalue weighted by molar-refractivity contribution is -0.116. The first-order chi connectivity index (χ1) is 15.6. The van der Waals surface area contributed by atoms with Crippen LogP contribution in [0.25, 0.3) is 23.0 Å². The van der Waals surface area contributed by atoms with Crippen LogP contribution >= 0.6 is 0 Å². The predicted molar refractivity (Wildman–Crippen MR) is 121 cm³/mol. The Morgan fingerprint density at radius 1 is 1.19 bits per heavy atom. The molecule has 1 aromatic carbocycles. The Labute approximate surface area is 186 Å². The Bertz CT molecular complexity index is 1200. The lowest BCUT2D eigenvalue weighted by Gasteiger charge is -2.00. The normalized spacial score (nSPS) is 11.3. The summed E-state index contributed by atoms with van der Waals surface area (Å²) in [7, 11) is 0. The van der Waals surface area contributed by atoms with Crippen LogP contribution in [-0.4, -0.2) is 37.4 Å². The molecule has 8 nitrogen and oxygen atoms in total. The molecule has 3 heterocycles. The van der Waals surface area contributed by atoms with Gasteiger partial charge in [-0.2, -0.15) is 10.1 Å². The van der Waals surface area contributed by atoms with Crippen molar-refractivity contribution >= 4 is 12.0 Å². The predicted octanol–water partition coefficient (Wildman–Crippen LogP) is 3.81. The smallest absolute Gasteiger partial charge is 0.244 e. The monoisotopic (exact) mass is 428 g/mol. The number of rotatable bonds is 8. The number of hydrogen-bond acceptors (Lipinski definition) is 6. The van der Waals surface area contributed by atoms with Crippen LogP contribution in [0.2, 0.25) is 0 Å². The highest BCUT2D eigenvalue weighted by Gasteiger charge is 2.12. The summed E-state index contributed by atoms with van der Waals surface area (Å²) in [6, 6.07) is 13.6. The number of aromatic nitrogens is 5. The summed E-state index contributed by atoms with van der Waals surface area (Å²) in [5.74, 6) is 1.18. The van der Waals surface area contributed by atoms with E-state index in [4.69, 9.17) is 9.62 Å². The highest BCUT2D eigenvalue weighted by molar-refractivity contribution is 5.92. The molecule has 0 unspecified atom stereocenters. The third-order valence-corrected chi connectivity index (χ3v) is 4.75. The molecule has 0 fully saturated rings.